The molecule has 0 bridgehead atoms. The zero-order chi connectivity index (χ0) is 14.8. The average Bonchev–Trinajstić information content (AvgIpc) is 2.25. The van der Waals surface area contributed by atoms with E-state index in [1.54, 1.807) is 6.92 Å². The van der Waals surface area contributed by atoms with Gasteiger partial charge in [-0.3, -0.25) is 0 Å². The van der Waals surface area contributed by atoms with Crippen molar-refractivity contribution >= 4 is 15.7 Å². The zero-order valence-electron chi connectivity index (χ0n) is 12.5. The molecule has 1 rings (SSSR count). The molecule has 0 spiro atoms. The van der Waals surface area contributed by atoms with E-state index in [0.29, 0.717) is 11.6 Å². The molecule has 0 radical (unpaired) electrons. The van der Waals surface area contributed by atoms with Crippen LogP contribution in [-0.4, -0.2) is 31.2 Å². The van der Waals surface area contributed by atoms with Gasteiger partial charge in [0.2, 0.25) is 0 Å². The van der Waals surface area contributed by atoms with Gasteiger partial charge in [-0.05, 0) is 13.8 Å². The maximum Gasteiger partial charge on any atom is 0.157 e. The summed E-state index contributed by atoms with van der Waals surface area (Å²) in [5, 5.41) is 2.42. The molecule has 1 aromatic heterocycles. The molecule has 0 saturated heterocycles. The van der Waals surface area contributed by atoms with Crippen LogP contribution < -0.4 is 5.32 Å². The van der Waals surface area contributed by atoms with Crippen LogP contribution in [0.5, 0.6) is 0 Å². The summed E-state index contributed by atoms with van der Waals surface area (Å²) < 4.78 is 23.3. The Balaban J connectivity index is 3.36. The fourth-order valence-electron chi connectivity index (χ4n) is 1.50. The molecule has 0 aliphatic rings. The lowest BCUT2D eigenvalue weighted by Gasteiger charge is -2.20. The second-order valence-corrected chi connectivity index (χ2v) is 8.11. The number of hydrogen-bond acceptors (Lipinski definition) is 5. The fraction of sp³-hybridized carbons (Fsp3) is 0.692. The van der Waals surface area contributed by atoms with Gasteiger partial charge in [0, 0.05) is 24.3 Å². The Morgan fingerprint density at radius 2 is 1.89 bits per heavy atom. The van der Waals surface area contributed by atoms with Crippen molar-refractivity contribution in [2.24, 2.45) is 0 Å². The number of nitrogens with zero attached hydrogens (tertiary/aromatic N) is 2. The monoisotopic (exact) mass is 285 g/mol. The quantitative estimate of drug-likeness (QED) is 0.919. The predicted molar refractivity (Wildman–Crippen MR) is 78.2 cm³/mol. The van der Waals surface area contributed by atoms with E-state index in [1.165, 1.54) is 6.26 Å². The van der Waals surface area contributed by atoms with Crippen LogP contribution in [0.25, 0.3) is 0 Å². The number of anilines is 1. The van der Waals surface area contributed by atoms with E-state index in [9.17, 15) is 8.42 Å². The normalized spacial score (nSPS) is 14.2. The molecule has 1 aromatic rings. The molecule has 1 heterocycles. The Morgan fingerprint density at radius 3 is 2.32 bits per heavy atom. The lowest BCUT2D eigenvalue weighted by Crippen LogP contribution is -2.19. The molecule has 0 aromatic carbocycles. The Kier molecular flexibility index (Phi) is 4.55. The molecule has 1 atom stereocenters. The molecule has 19 heavy (non-hydrogen) atoms. The summed E-state index contributed by atoms with van der Waals surface area (Å²) in [7, 11) is -3.20. The highest BCUT2D eigenvalue weighted by atomic mass is 32.2. The minimum atomic E-state index is -3.20. The topological polar surface area (TPSA) is 72.0 Å². The molecular weight excluding hydrogens is 262 g/mol. The van der Waals surface area contributed by atoms with Gasteiger partial charge in [0.05, 0.1) is 5.69 Å². The Labute approximate surface area is 115 Å². The molecule has 0 fully saturated rings. The Morgan fingerprint density at radius 1 is 1.32 bits per heavy atom. The van der Waals surface area contributed by atoms with Crippen molar-refractivity contribution in [3.63, 3.8) is 0 Å². The van der Waals surface area contributed by atoms with Crippen molar-refractivity contribution in [3.05, 3.63) is 17.6 Å². The van der Waals surface area contributed by atoms with Gasteiger partial charge in [0.25, 0.3) is 0 Å². The summed E-state index contributed by atoms with van der Waals surface area (Å²) in [6.45, 7) is 10.4. The third-order valence-electron chi connectivity index (χ3n) is 2.88. The van der Waals surface area contributed by atoms with Crippen molar-refractivity contribution in [1.29, 1.82) is 0 Å². The minimum absolute atomic E-state index is 0.154. The van der Waals surface area contributed by atoms with E-state index in [0.717, 1.165) is 12.2 Å². The van der Waals surface area contributed by atoms with Gasteiger partial charge in [0.1, 0.15) is 16.9 Å². The van der Waals surface area contributed by atoms with Crippen molar-refractivity contribution in [2.45, 2.75) is 45.3 Å². The summed E-state index contributed by atoms with van der Waals surface area (Å²) in [4.78, 5) is 8.72. The van der Waals surface area contributed by atoms with Crippen LogP contribution in [0.1, 0.15) is 51.4 Å². The fourth-order valence-corrected chi connectivity index (χ4v) is 1.98. The highest BCUT2D eigenvalue weighted by molar-refractivity contribution is 7.90. The van der Waals surface area contributed by atoms with Crippen molar-refractivity contribution < 1.29 is 8.42 Å². The zero-order valence-corrected chi connectivity index (χ0v) is 13.3. The SMILES string of the molecule is CCNc1cc(C(C)(C)C)nc(C(C)S(C)(=O)=O)n1. The van der Waals surface area contributed by atoms with Crippen molar-refractivity contribution in [1.82, 2.24) is 9.97 Å². The van der Waals surface area contributed by atoms with Gasteiger partial charge in [0.15, 0.2) is 9.84 Å². The third-order valence-corrected chi connectivity index (χ3v) is 4.37. The molecule has 1 N–H and O–H groups in total. The summed E-state index contributed by atoms with van der Waals surface area (Å²) >= 11 is 0. The number of hydrogen-bond donors (Lipinski definition) is 1. The maximum absolute atomic E-state index is 11.7. The highest BCUT2D eigenvalue weighted by Crippen LogP contribution is 2.26. The van der Waals surface area contributed by atoms with E-state index >= 15 is 0 Å². The van der Waals surface area contributed by atoms with Crippen LogP contribution in [0.15, 0.2) is 6.07 Å². The lowest BCUT2D eigenvalue weighted by atomic mass is 9.92. The number of aromatic nitrogens is 2. The van der Waals surface area contributed by atoms with Crippen molar-refractivity contribution in [2.75, 3.05) is 18.1 Å². The molecular formula is C13H23N3O2S. The molecule has 0 aliphatic heterocycles. The summed E-state index contributed by atoms with van der Waals surface area (Å²) in [5.41, 5.74) is 0.683. The van der Waals surface area contributed by atoms with Gasteiger partial charge in [-0.2, -0.15) is 0 Å². The first-order valence-electron chi connectivity index (χ1n) is 6.38. The maximum atomic E-state index is 11.7. The van der Waals surface area contributed by atoms with Crippen LogP contribution in [0.4, 0.5) is 5.82 Å². The van der Waals surface area contributed by atoms with Crippen LogP contribution in [0, 0.1) is 0 Å². The standard InChI is InChI=1S/C13H23N3O2S/c1-7-14-11-8-10(13(3,4)5)15-12(16-11)9(2)19(6,17)18/h8-9H,7H2,1-6H3,(H,14,15,16). The molecule has 6 heteroatoms. The molecule has 0 aliphatic carbocycles. The van der Waals surface area contributed by atoms with Gasteiger partial charge in [-0.1, -0.05) is 20.8 Å². The second kappa shape index (κ2) is 5.45. The first-order chi connectivity index (χ1) is 8.55. The summed E-state index contributed by atoms with van der Waals surface area (Å²) in [5.74, 6) is 1.03. The first kappa shape index (κ1) is 15.9. The largest absolute Gasteiger partial charge is 0.370 e. The van der Waals surface area contributed by atoms with E-state index in [2.05, 4.69) is 15.3 Å². The highest BCUT2D eigenvalue weighted by Gasteiger charge is 2.24. The smallest absolute Gasteiger partial charge is 0.157 e. The predicted octanol–water partition coefficient (Wildman–Crippen LogP) is 2.31. The molecule has 5 nitrogen and oxygen atoms in total. The van der Waals surface area contributed by atoms with Gasteiger partial charge >= 0.3 is 0 Å². The molecule has 0 amide bonds. The van der Waals surface area contributed by atoms with Gasteiger partial charge < -0.3 is 5.32 Å². The van der Waals surface area contributed by atoms with E-state index in [-0.39, 0.29) is 5.41 Å². The lowest BCUT2D eigenvalue weighted by molar-refractivity contribution is 0.558. The number of sulfone groups is 1. The van der Waals surface area contributed by atoms with Gasteiger partial charge in [-0.25, -0.2) is 18.4 Å². The van der Waals surface area contributed by atoms with E-state index < -0.39 is 15.1 Å². The van der Waals surface area contributed by atoms with Crippen LogP contribution in [-0.2, 0) is 15.3 Å². The van der Waals surface area contributed by atoms with Gasteiger partial charge in [-0.15, -0.1) is 0 Å². The van der Waals surface area contributed by atoms with E-state index in [4.69, 9.17) is 0 Å². The van der Waals surface area contributed by atoms with Crippen molar-refractivity contribution in [3.8, 4) is 0 Å². The second-order valence-electron chi connectivity index (χ2n) is 5.75. The molecule has 108 valence electrons. The van der Waals surface area contributed by atoms with Crippen LogP contribution in [0.3, 0.4) is 0 Å². The molecule has 1 unspecified atom stereocenters. The number of nitrogens with one attached hydrogen (secondary N) is 1. The summed E-state index contributed by atoms with van der Waals surface area (Å²) in [6.07, 6.45) is 1.21. The van der Waals surface area contributed by atoms with Crippen LogP contribution >= 0.6 is 0 Å². The minimum Gasteiger partial charge on any atom is -0.370 e. The van der Waals surface area contributed by atoms with Crippen LogP contribution in [0.2, 0.25) is 0 Å². The Bertz CT molecular complexity index is 547. The first-order valence-corrected chi connectivity index (χ1v) is 8.33. The molecule has 0 saturated carbocycles. The average molecular weight is 285 g/mol. The summed E-state index contributed by atoms with van der Waals surface area (Å²) in [6, 6.07) is 1.88. The van der Waals surface area contributed by atoms with E-state index in [1.807, 2.05) is 33.8 Å². The number of rotatable bonds is 4. The Hall–Kier alpha value is -1.17. The third kappa shape index (κ3) is 4.16.